The molecule has 0 fully saturated rings. The molecular formula is C8H5F6NO2. The van der Waals surface area contributed by atoms with E-state index in [4.69, 9.17) is 0 Å². The fourth-order valence-electron chi connectivity index (χ4n) is 0.948. The van der Waals surface area contributed by atoms with Crippen molar-refractivity contribution in [2.75, 3.05) is 0 Å². The van der Waals surface area contributed by atoms with Gasteiger partial charge in [0.25, 0.3) is 0 Å². The molecule has 0 saturated carbocycles. The van der Waals surface area contributed by atoms with E-state index in [1.165, 1.54) is 0 Å². The normalized spacial score (nSPS) is 12.4. The second kappa shape index (κ2) is 4.30. The summed E-state index contributed by atoms with van der Waals surface area (Å²) in [7, 11) is 0. The summed E-state index contributed by atoms with van der Waals surface area (Å²) in [5.41, 5.74) is -0.498. The van der Waals surface area contributed by atoms with Gasteiger partial charge in [-0.25, -0.2) is 4.98 Å². The van der Waals surface area contributed by atoms with Crippen LogP contribution in [-0.4, -0.2) is 17.7 Å². The molecule has 0 bridgehead atoms. The fraction of sp³-hybridized carbons (Fsp3) is 0.375. The number of pyridine rings is 1. The third kappa shape index (κ3) is 4.37. The first kappa shape index (κ1) is 13.4. The van der Waals surface area contributed by atoms with Gasteiger partial charge in [0.05, 0.1) is 5.56 Å². The van der Waals surface area contributed by atoms with Crippen molar-refractivity contribution in [3.8, 4) is 11.6 Å². The number of halogens is 6. The van der Waals surface area contributed by atoms with Gasteiger partial charge in [-0.1, -0.05) is 0 Å². The molecule has 3 nitrogen and oxygen atoms in total. The molecule has 1 rings (SSSR count). The van der Waals surface area contributed by atoms with E-state index in [-0.39, 0.29) is 0 Å². The molecule has 0 spiro atoms. The summed E-state index contributed by atoms with van der Waals surface area (Å²) < 4.78 is 78.2. The Kier molecular flexibility index (Phi) is 3.39. The van der Waals surface area contributed by atoms with Gasteiger partial charge >= 0.3 is 12.7 Å². The second-order valence-corrected chi connectivity index (χ2v) is 2.83. The van der Waals surface area contributed by atoms with Gasteiger partial charge in [-0.3, -0.25) is 0 Å². The summed E-state index contributed by atoms with van der Waals surface area (Å²) in [6, 6.07) is 0.784. The Morgan fingerprint density at radius 1 is 1.00 bits per heavy atom. The Morgan fingerprint density at radius 2 is 1.53 bits per heavy atom. The number of alkyl halides is 6. The lowest BCUT2D eigenvalue weighted by molar-refractivity contribution is -0.278. The van der Waals surface area contributed by atoms with Crippen LogP contribution >= 0.6 is 0 Å². The molecule has 0 saturated heterocycles. The highest BCUT2D eigenvalue weighted by Crippen LogP contribution is 2.32. The monoisotopic (exact) mass is 261 g/mol. The number of hydrogen-bond acceptors (Lipinski definition) is 3. The smallest absolute Gasteiger partial charge is 0.405 e. The van der Waals surface area contributed by atoms with E-state index in [1.54, 1.807) is 0 Å². The first-order valence-electron chi connectivity index (χ1n) is 4.05. The zero-order chi connectivity index (χ0) is 13.3. The molecule has 9 heteroatoms. The lowest BCUT2D eigenvalue weighted by Gasteiger charge is -2.14. The standard InChI is InChI=1S/C8H5F6NO2/c1-4-5(16-7(9,10)11)2-3-15-6(4)17-8(12,13)14/h2-3H,1H3. The third-order valence-electron chi connectivity index (χ3n) is 1.55. The van der Waals surface area contributed by atoms with E-state index in [0.717, 1.165) is 19.2 Å². The Balaban J connectivity index is 3.00. The van der Waals surface area contributed by atoms with Crippen molar-refractivity contribution in [1.29, 1.82) is 0 Å². The van der Waals surface area contributed by atoms with Crippen molar-refractivity contribution in [2.24, 2.45) is 0 Å². The van der Waals surface area contributed by atoms with Crippen molar-refractivity contribution in [2.45, 2.75) is 19.6 Å². The van der Waals surface area contributed by atoms with Gasteiger partial charge in [0.2, 0.25) is 5.88 Å². The van der Waals surface area contributed by atoms with Crippen LogP contribution in [0.15, 0.2) is 12.3 Å². The van der Waals surface area contributed by atoms with Crippen LogP contribution in [0.4, 0.5) is 26.3 Å². The van der Waals surface area contributed by atoms with Crippen molar-refractivity contribution >= 4 is 0 Å². The van der Waals surface area contributed by atoms with Crippen LogP contribution < -0.4 is 9.47 Å². The predicted octanol–water partition coefficient (Wildman–Crippen LogP) is 3.19. The highest BCUT2D eigenvalue weighted by Gasteiger charge is 2.35. The summed E-state index contributed by atoms with van der Waals surface area (Å²) in [6.45, 7) is 0.967. The number of rotatable bonds is 2. The van der Waals surface area contributed by atoms with E-state index in [0.29, 0.717) is 0 Å². The molecule has 17 heavy (non-hydrogen) atoms. The minimum atomic E-state index is -5.03. The number of nitrogens with zero attached hydrogens (tertiary/aromatic N) is 1. The van der Waals surface area contributed by atoms with Crippen LogP contribution in [0.1, 0.15) is 5.56 Å². The molecule has 0 amide bonds. The minimum Gasteiger partial charge on any atom is -0.405 e. The van der Waals surface area contributed by atoms with Crippen LogP contribution in [0.2, 0.25) is 0 Å². The van der Waals surface area contributed by atoms with E-state index in [2.05, 4.69) is 14.5 Å². The van der Waals surface area contributed by atoms with Crippen molar-refractivity contribution < 1.29 is 35.8 Å². The summed E-state index contributed by atoms with van der Waals surface area (Å²) in [5.74, 6) is -1.79. The Labute approximate surface area is 91.0 Å². The zero-order valence-corrected chi connectivity index (χ0v) is 8.19. The molecule has 0 aliphatic rings. The Hall–Kier alpha value is -1.67. The van der Waals surface area contributed by atoms with Gasteiger partial charge < -0.3 is 9.47 Å². The third-order valence-corrected chi connectivity index (χ3v) is 1.55. The molecular weight excluding hydrogens is 256 g/mol. The maximum Gasteiger partial charge on any atom is 0.574 e. The fourth-order valence-corrected chi connectivity index (χ4v) is 0.948. The average Bonchev–Trinajstić information content (AvgIpc) is 2.07. The van der Waals surface area contributed by atoms with Crippen LogP contribution in [0.3, 0.4) is 0 Å². The first-order valence-corrected chi connectivity index (χ1v) is 4.05. The molecule has 96 valence electrons. The molecule has 0 N–H and O–H groups in total. The minimum absolute atomic E-state index is 0.498. The van der Waals surface area contributed by atoms with Gasteiger partial charge in [0.1, 0.15) is 5.75 Å². The number of hydrogen-bond donors (Lipinski definition) is 0. The molecule has 0 aromatic carbocycles. The van der Waals surface area contributed by atoms with Crippen LogP contribution in [0.25, 0.3) is 0 Å². The van der Waals surface area contributed by atoms with Gasteiger partial charge in [-0.2, -0.15) is 0 Å². The zero-order valence-electron chi connectivity index (χ0n) is 8.19. The van der Waals surface area contributed by atoms with E-state index >= 15 is 0 Å². The number of ether oxygens (including phenoxy) is 2. The molecule has 0 aliphatic carbocycles. The van der Waals surface area contributed by atoms with E-state index in [1.807, 2.05) is 0 Å². The summed E-state index contributed by atoms with van der Waals surface area (Å²) in [5, 5.41) is 0. The van der Waals surface area contributed by atoms with Gasteiger partial charge in [0.15, 0.2) is 0 Å². The molecule has 1 heterocycles. The van der Waals surface area contributed by atoms with E-state index < -0.39 is 29.9 Å². The highest BCUT2D eigenvalue weighted by atomic mass is 19.4. The summed E-state index contributed by atoms with van der Waals surface area (Å²) in [6.07, 6.45) is -9.31. The maximum absolute atomic E-state index is 11.9. The molecule has 0 unspecified atom stereocenters. The van der Waals surface area contributed by atoms with Gasteiger partial charge in [-0.15, -0.1) is 26.3 Å². The molecule has 0 atom stereocenters. The summed E-state index contributed by atoms with van der Waals surface area (Å²) >= 11 is 0. The maximum atomic E-state index is 11.9. The highest BCUT2D eigenvalue weighted by molar-refractivity contribution is 5.38. The quantitative estimate of drug-likeness (QED) is 0.766. The van der Waals surface area contributed by atoms with Crippen molar-refractivity contribution in [3.63, 3.8) is 0 Å². The lowest BCUT2D eigenvalue weighted by atomic mass is 10.3. The number of aromatic nitrogens is 1. The van der Waals surface area contributed by atoms with Gasteiger partial charge in [0, 0.05) is 6.20 Å². The topological polar surface area (TPSA) is 31.4 Å². The van der Waals surface area contributed by atoms with Crippen LogP contribution in [-0.2, 0) is 0 Å². The first-order chi connectivity index (χ1) is 7.58. The lowest BCUT2D eigenvalue weighted by Crippen LogP contribution is -2.20. The van der Waals surface area contributed by atoms with Crippen molar-refractivity contribution in [3.05, 3.63) is 17.8 Å². The van der Waals surface area contributed by atoms with Gasteiger partial charge in [-0.05, 0) is 13.0 Å². The SMILES string of the molecule is Cc1c(OC(F)(F)F)ccnc1OC(F)(F)F. The Bertz CT molecular complexity index is 366. The Morgan fingerprint density at radius 3 is 2.00 bits per heavy atom. The second-order valence-electron chi connectivity index (χ2n) is 2.83. The molecule has 0 radical (unpaired) electrons. The molecule has 1 aromatic heterocycles. The molecule has 0 aliphatic heterocycles. The average molecular weight is 261 g/mol. The van der Waals surface area contributed by atoms with Crippen LogP contribution in [0, 0.1) is 6.92 Å². The predicted molar refractivity (Wildman–Crippen MR) is 42.3 cm³/mol. The molecule has 1 aromatic rings. The largest absolute Gasteiger partial charge is 0.574 e. The summed E-state index contributed by atoms with van der Waals surface area (Å²) in [4.78, 5) is 3.16. The van der Waals surface area contributed by atoms with Crippen molar-refractivity contribution in [1.82, 2.24) is 4.98 Å². The van der Waals surface area contributed by atoms with E-state index in [9.17, 15) is 26.3 Å². The van der Waals surface area contributed by atoms with Crippen LogP contribution in [0.5, 0.6) is 11.6 Å².